The van der Waals surface area contributed by atoms with Crippen LogP contribution in [0.5, 0.6) is 0 Å². The van der Waals surface area contributed by atoms with E-state index in [9.17, 15) is 65.9 Å². The summed E-state index contributed by atoms with van der Waals surface area (Å²) in [5, 5.41) is 0. The Morgan fingerprint density at radius 3 is 1.25 bits per heavy atom. The molecule has 0 aliphatic carbocycles. The van der Waals surface area contributed by atoms with Crippen molar-refractivity contribution in [2.45, 2.75) is 68.4 Å². The van der Waals surface area contributed by atoms with Crippen molar-refractivity contribution >= 4 is 0 Å². The normalized spacial score (nSPS) is 16.5. The van der Waals surface area contributed by atoms with Crippen LogP contribution in [0, 0.1) is 0 Å². The minimum absolute atomic E-state index is 0.170. The number of rotatable bonds is 7. The van der Waals surface area contributed by atoms with Gasteiger partial charge in [-0.25, -0.2) is 4.39 Å². The van der Waals surface area contributed by atoms with Crippen molar-refractivity contribution in [3.05, 3.63) is 11.6 Å². The molecule has 168 valence electrons. The fraction of sp³-hybridized carbons (Fsp3) is 0.846. The first-order valence-electron chi connectivity index (χ1n) is 6.91. The standard InChI is InChI=1S/C13H11F15/c1-3-6(2)4-5-7(14,15)9(17,18)11(21,22)10(19,20)8(16,12(23,24)25)13(26,27)28/h3H,4-5H2,1-2H3. The largest absolute Gasteiger partial charge is 0.438 e. The molecule has 0 nitrogen and oxygen atoms in total. The number of allylic oxidation sites excluding steroid dienone is 2. The Balaban J connectivity index is 6.52. The SMILES string of the molecule is CC=C(C)CCC(F)(F)C(F)(F)C(F)(F)C(F)(F)C(F)(C(F)(F)F)C(F)(F)F. The number of hydrogen-bond acceptors (Lipinski definition) is 0. The maximum absolute atomic E-state index is 13.4. The zero-order valence-electron chi connectivity index (χ0n) is 13.7. The van der Waals surface area contributed by atoms with E-state index in [1.807, 2.05) is 0 Å². The summed E-state index contributed by atoms with van der Waals surface area (Å²) in [6, 6.07) is 0. The van der Waals surface area contributed by atoms with Gasteiger partial charge >= 0.3 is 41.7 Å². The van der Waals surface area contributed by atoms with Gasteiger partial charge in [-0.1, -0.05) is 11.6 Å². The van der Waals surface area contributed by atoms with Crippen molar-refractivity contribution in [1.82, 2.24) is 0 Å². The van der Waals surface area contributed by atoms with Crippen LogP contribution >= 0.6 is 0 Å². The molecular weight excluding hydrogens is 441 g/mol. The van der Waals surface area contributed by atoms with Gasteiger partial charge in [0, 0.05) is 6.42 Å². The average molecular weight is 452 g/mol. The molecule has 0 bridgehead atoms. The van der Waals surface area contributed by atoms with Crippen molar-refractivity contribution in [2.24, 2.45) is 0 Å². The summed E-state index contributed by atoms with van der Waals surface area (Å²) >= 11 is 0. The molecule has 28 heavy (non-hydrogen) atoms. The first kappa shape index (κ1) is 26.7. The summed E-state index contributed by atoms with van der Waals surface area (Å²) in [5.74, 6) is -30.1. The first-order valence-corrected chi connectivity index (χ1v) is 6.91. The molecule has 0 fully saturated rings. The van der Waals surface area contributed by atoms with Gasteiger partial charge < -0.3 is 0 Å². The number of halogens is 15. The van der Waals surface area contributed by atoms with Gasteiger partial charge in [0.15, 0.2) is 0 Å². The highest BCUT2D eigenvalue weighted by Crippen LogP contribution is 2.64. The summed E-state index contributed by atoms with van der Waals surface area (Å²) in [5.41, 5.74) is -8.41. The minimum Gasteiger partial charge on any atom is -0.216 e. The lowest BCUT2D eigenvalue weighted by Crippen LogP contribution is -2.75. The molecule has 0 spiro atoms. The van der Waals surface area contributed by atoms with Crippen LogP contribution in [0.15, 0.2) is 11.6 Å². The summed E-state index contributed by atoms with van der Waals surface area (Å²) < 4.78 is 194. The Hall–Kier alpha value is -1.31. The molecule has 0 radical (unpaired) electrons. The molecule has 0 aromatic heterocycles. The Labute approximate surface area is 147 Å². The lowest BCUT2D eigenvalue weighted by atomic mass is 9.85. The van der Waals surface area contributed by atoms with Crippen molar-refractivity contribution in [3.63, 3.8) is 0 Å². The zero-order chi connectivity index (χ0) is 23.2. The lowest BCUT2D eigenvalue weighted by molar-refractivity contribution is -0.457. The second kappa shape index (κ2) is 7.18. The Morgan fingerprint density at radius 2 is 0.964 bits per heavy atom. The zero-order valence-corrected chi connectivity index (χ0v) is 13.7. The van der Waals surface area contributed by atoms with Gasteiger partial charge in [0.2, 0.25) is 0 Å². The van der Waals surface area contributed by atoms with E-state index in [1.165, 1.54) is 6.92 Å². The summed E-state index contributed by atoms with van der Waals surface area (Å²) in [4.78, 5) is 0. The molecule has 0 aromatic carbocycles. The quantitative estimate of drug-likeness (QED) is 0.286. The van der Waals surface area contributed by atoms with Crippen LogP contribution in [0.25, 0.3) is 0 Å². The second-order valence-electron chi connectivity index (χ2n) is 5.72. The van der Waals surface area contributed by atoms with Crippen molar-refractivity contribution < 1.29 is 65.9 Å². The Bertz CT molecular complexity index is 564. The van der Waals surface area contributed by atoms with Gasteiger partial charge in [0.1, 0.15) is 0 Å². The first-order chi connectivity index (χ1) is 12.0. The van der Waals surface area contributed by atoms with Gasteiger partial charge in [0.25, 0.3) is 0 Å². The van der Waals surface area contributed by atoms with Crippen LogP contribution in [0.1, 0.15) is 26.7 Å². The second-order valence-corrected chi connectivity index (χ2v) is 5.72. The van der Waals surface area contributed by atoms with E-state index in [-0.39, 0.29) is 5.57 Å². The molecule has 15 heteroatoms. The minimum atomic E-state index is -8.35. The molecular formula is C13H11F15. The summed E-state index contributed by atoms with van der Waals surface area (Å²) in [6.07, 6.45) is -18.3. The third-order valence-corrected chi connectivity index (χ3v) is 3.79. The molecule has 0 heterocycles. The van der Waals surface area contributed by atoms with Crippen molar-refractivity contribution in [3.8, 4) is 0 Å². The predicted molar refractivity (Wildman–Crippen MR) is 64.4 cm³/mol. The van der Waals surface area contributed by atoms with Gasteiger partial charge in [-0.3, -0.25) is 0 Å². The van der Waals surface area contributed by atoms with Crippen LogP contribution in [-0.2, 0) is 0 Å². The smallest absolute Gasteiger partial charge is 0.216 e. The highest BCUT2D eigenvalue weighted by molar-refractivity contribution is 5.16. The van der Waals surface area contributed by atoms with E-state index < -0.39 is 54.6 Å². The topological polar surface area (TPSA) is 0 Å². The molecule has 0 saturated heterocycles. The maximum Gasteiger partial charge on any atom is 0.438 e. The monoisotopic (exact) mass is 452 g/mol. The Morgan fingerprint density at radius 1 is 0.607 bits per heavy atom. The van der Waals surface area contributed by atoms with Crippen LogP contribution in [0.3, 0.4) is 0 Å². The third kappa shape index (κ3) is 3.76. The van der Waals surface area contributed by atoms with E-state index in [2.05, 4.69) is 0 Å². The molecule has 0 unspecified atom stereocenters. The number of hydrogen-bond donors (Lipinski definition) is 0. The van der Waals surface area contributed by atoms with Crippen LogP contribution in [0.4, 0.5) is 65.9 Å². The van der Waals surface area contributed by atoms with E-state index in [1.54, 1.807) is 0 Å². The van der Waals surface area contributed by atoms with Gasteiger partial charge in [-0.05, 0) is 20.3 Å². The third-order valence-electron chi connectivity index (χ3n) is 3.79. The number of alkyl halides is 15. The van der Waals surface area contributed by atoms with Crippen LogP contribution in [-0.4, -0.2) is 41.7 Å². The van der Waals surface area contributed by atoms with Crippen molar-refractivity contribution in [2.75, 3.05) is 0 Å². The Kier molecular flexibility index (Phi) is 6.85. The van der Waals surface area contributed by atoms with E-state index in [0.717, 1.165) is 13.0 Å². The molecule has 0 aliphatic heterocycles. The molecule has 0 N–H and O–H groups in total. The van der Waals surface area contributed by atoms with E-state index in [4.69, 9.17) is 0 Å². The van der Waals surface area contributed by atoms with Crippen molar-refractivity contribution in [1.29, 1.82) is 0 Å². The molecule has 0 aliphatic rings. The highest BCUT2D eigenvalue weighted by Gasteiger charge is 2.95. The van der Waals surface area contributed by atoms with E-state index in [0.29, 0.717) is 0 Å². The average Bonchev–Trinajstić information content (AvgIpc) is 2.48. The van der Waals surface area contributed by atoms with Gasteiger partial charge in [-0.15, -0.1) is 0 Å². The molecule has 0 atom stereocenters. The highest BCUT2D eigenvalue weighted by atomic mass is 19.4. The predicted octanol–water partition coefficient (Wildman–Crippen LogP) is 7.11. The summed E-state index contributed by atoms with van der Waals surface area (Å²) in [6.45, 7) is 2.17. The van der Waals surface area contributed by atoms with Crippen LogP contribution in [0.2, 0.25) is 0 Å². The fourth-order valence-electron chi connectivity index (χ4n) is 1.82. The van der Waals surface area contributed by atoms with E-state index >= 15 is 0 Å². The molecule has 0 rings (SSSR count). The van der Waals surface area contributed by atoms with Gasteiger partial charge in [-0.2, -0.15) is 61.5 Å². The summed E-state index contributed by atoms with van der Waals surface area (Å²) in [7, 11) is 0. The van der Waals surface area contributed by atoms with Crippen LogP contribution < -0.4 is 0 Å². The maximum atomic E-state index is 13.4. The molecule has 0 amide bonds. The lowest BCUT2D eigenvalue weighted by Gasteiger charge is -2.43. The molecule has 0 aromatic rings. The van der Waals surface area contributed by atoms with Gasteiger partial charge in [0.05, 0.1) is 0 Å². The molecule has 0 saturated carbocycles. The fourth-order valence-corrected chi connectivity index (χ4v) is 1.82.